The molecular formula is C12H24O. The summed E-state index contributed by atoms with van der Waals surface area (Å²) >= 11 is 0. The first kappa shape index (κ1) is 11.0. The summed E-state index contributed by atoms with van der Waals surface area (Å²) in [6.07, 6.45) is 7.37. The summed E-state index contributed by atoms with van der Waals surface area (Å²) in [5, 5.41) is 10.0. The molecule has 1 rings (SSSR count). The predicted octanol–water partition coefficient (Wildman–Crippen LogP) is 3.36. The molecule has 0 aromatic rings. The van der Waals surface area contributed by atoms with Gasteiger partial charge in [-0.1, -0.05) is 46.5 Å². The van der Waals surface area contributed by atoms with Crippen molar-refractivity contribution in [2.45, 2.75) is 65.4 Å². The smallest absolute Gasteiger partial charge is 0.0573 e. The van der Waals surface area contributed by atoms with Gasteiger partial charge in [-0.2, -0.15) is 0 Å². The minimum atomic E-state index is -0.0553. The molecule has 0 spiro atoms. The maximum absolute atomic E-state index is 10.0. The number of aliphatic hydroxyl groups excluding tert-OH is 1. The molecule has 0 bridgehead atoms. The summed E-state index contributed by atoms with van der Waals surface area (Å²) in [5.74, 6) is 0.507. The molecule has 1 aliphatic rings. The summed E-state index contributed by atoms with van der Waals surface area (Å²) in [7, 11) is 0. The minimum Gasteiger partial charge on any atom is -0.393 e. The Morgan fingerprint density at radius 2 is 1.46 bits per heavy atom. The summed E-state index contributed by atoms with van der Waals surface area (Å²) < 4.78 is 0. The van der Waals surface area contributed by atoms with Crippen LogP contribution in [0.25, 0.3) is 0 Å². The Hall–Kier alpha value is -0.0400. The van der Waals surface area contributed by atoms with Crippen LogP contribution in [0.4, 0.5) is 0 Å². The molecule has 1 heteroatoms. The van der Waals surface area contributed by atoms with Crippen molar-refractivity contribution in [2.24, 2.45) is 11.3 Å². The summed E-state index contributed by atoms with van der Waals surface area (Å²) in [6, 6.07) is 0. The van der Waals surface area contributed by atoms with Gasteiger partial charge >= 0.3 is 0 Å². The molecule has 13 heavy (non-hydrogen) atoms. The molecule has 0 saturated heterocycles. The third-order valence-electron chi connectivity index (χ3n) is 3.34. The molecule has 1 aliphatic carbocycles. The van der Waals surface area contributed by atoms with Crippen LogP contribution in [0.5, 0.6) is 0 Å². The molecule has 1 fully saturated rings. The molecule has 0 aliphatic heterocycles. The van der Waals surface area contributed by atoms with Crippen LogP contribution in [0.1, 0.15) is 59.3 Å². The highest BCUT2D eigenvalue weighted by molar-refractivity contribution is 4.81. The first-order valence-electron chi connectivity index (χ1n) is 5.70. The lowest BCUT2D eigenvalue weighted by molar-refractivity contribution is 0.0233. The van der Waals surface area contributed by atoms with Crippen LogP contribution in [-0.2, 0) is 0 Å². The van der Waals surface area contributed by atoms with E-state index in [1.165, 1.54) is 32.1 Å². The highest BCUT2D eigenvalue weighted by atomic mass is 16.3. The molecule has 0 heterocycles. The van der Waals surface area contributed by atoms with Crippen molar-refractivity contribution >= 4 is 0 Å². The Morgan fingerprint density at radius 3 is 2.00 bits per heavy atom. The first-order chi connectivity index (χ1) is 6.02. The quantitative estimate of drug-likeness (QED) is 0.612. The highest BCUT2D eigenvalue weighted by Crippen LogP contribution is 2.36. The van der Waals surface area contributed by atoms with E-state index in [-0.39, 0.29) is 11.5 Å². The number of hydrogen-bond acceptors (Lipinski definition) is 1. The zero-order valence-corrected chi connectivity index (χ0v) is 9.34. The monoisotopic (exact) mass is 184 g/mol. The van der Waals surface area contributed by atoms with E-state index in [4.69, 9.17) is 0 Å². The number of hydrogen-bond donors (Lipinski definition) is 1. The fourth-order valence-corrected chi connectivity index (χ4v) is 2.48. The van der Waals surface area contributed by atoms with Crippen molar-refractivity contribution in [1.29, 1.82) is 0 Å². The molecule has 1 saturated carbocycles. The van der Waals surface area contributed by atoms with Gasteiger partial charge in [0.1, 0.15) is 0 Å². The van der Waals surface area contributed by atoms with Crippen LogP contribution >= 0.6 is 0 Å². The van der Waals surface area contributed by atoms with Gasteiger partial charge < -0.3 is 5.11 Å². The molecule has 2 atom stereocenters. The van der Waals surface area contributed by atoms with E-state index in [2.05, 4.69) is 20.8 Å². The van der Waals surface area contributed by atoms with Crippen LogP contribution in [0, 0.1) is 11.3 Å². The van der Waals surface area contributed by atoms with E-state index in [1.807, 2.05) is 0 Å². The van der Waals surface area contributed by atoms with Gasteiger partial charge in [-0.15, -0.1) is 0 Å². The van der Waals surface area contributed by atoms with Crippen molar-refractivity contribution in [3.05, 3.63) is 0 Å². The molecule has 1 N–H and O–H groups in total. The van der Waals surface area contributed by atoms with Gasteiger partial charge in [-0.25, -0.2) is 0 Å². The summed E-state index contributed by atoms with van der Waals surface area (Å²) in [5.41, 5.74) is 0.275. The maximum Gasteiger partial charge on any atom is 0.0573 e. The number of rotatable bonds is 0. The Labute approximate surface area is 82.5 Å². The van der Waals surface area contributed by atoms with E-state index >= 15 is 0 Å². The SMILES string of the molecule is CC(C)(C)[C@@H]1CCCCCC[C@H]1O. The van der Waals surface area contributed by atoms with Crippen molar-refractivity contribution in [1.82, 2.24) is 0 Å². The molecule has 0 unspecified atom stereocenters. The van der Waals surface area contributed by atoms with Gasteiger partial charge in [0.2, 0.25) is 0 Å². The van der Waals surface area contributed by atoms with Crippen molar-refractivity contribution in [2.75, 3.05) is 0 Å². The molecule has 0 amide bonds. The Balaban J connectivity index is 2.56. The zero-order valence-electron chi connectivity index (χ0n) is 9.34. The lowest BCUT2D eigenvalue weighted by Gasteiger charge is -2.36. The van der Waals surface area contributed by atoms with Gasteiger partial charge in [0.25, 0.3) is 0 Å². The van der Waals surface area contributed by atoms with Gasteiger partial charge in [-0.05, 0) is 24.2 Å². The van der Waals surface area contributed by atoms with Gasteiger partial charge in [0, 0.05) is 0 Å². The van der Waals surface area contributed by atoms with Crippen LogP contribution in [0.3, 0.4) is 0 Å². The number of aliphatic hydroxyl groups is 1. The van der Waals surface area contributed by atoms with Crippen molar-refractivity contribution < 1.29 is 5.11 Å². The lowest BCUT2D eigenvalue weighted by Crippen LogP contribution is -2.32. The van der Waals surface area contributed by atoms with Crippen LogP contribution in [0.2, 0.25) is 0 Å². The van der Waals surface area contributed by atoms with Gasteiger partial charge in [0.05, 0.1) is 6.10 Å². The first-order valence-corrected chi connectivity index (χ1v) is 5.70. The third-order valence-corrected chi connectivity index (χ3v) is 3.34. The maximum atomic E-state index is 10.0. The van der Waals surface area contributed by atoms with E-state index in [0.717, 1.165) is 6.42 Å². The van der Waals surface area contributed by atoms with Crippen LogP contribution in [-0.4, -0.2) is 11.2 Å². The second-order valence-corrected chi connectivity index (χ2v) is 5.53. The fourth-order valence-electron chi connectivity index (χ4n) is 2.48. The standard InChI is InChI=1S/C12H24O/c1-12(2,3)10-8-6-4-5-7-9-11(10)13/h10-11,13H,4-9H2,1-3H3/t10-,11-/m1/s1. The average Bonchev–Trinajstić information content (AvgIpc) is 1.94. The molecule has 0 aromatic carbocycles. The average molecular weight is 184 g/mol. The molecule has 0 aromatic heterocycles. The van der Waals surface area contributed by atoms with Crippen molar-refractivity contribution in [3.63, 3.8) is 0 Å². The predicted molar refractivity (Wildman–Crippen MR) is 56.7 cm³/mol. The second kappa shape index (κ2) is 4.45. The summed E-state index contributed by atoms with van der Waals surface area (Å²) in [4.78, 5) is 0. The molecule has 1 nitrogen and oxygen atoms in total. The molecule has 0 radical (unpaired) electrons. The van der Waals surface area contributed by atoms with Gasteiger partial charge in [0.15, 0.2) is 0 Å². The topological polar surface area (TPSA) is 20.2 Å². The normalized spacial score (nSPS) is 32.3. The zero-order chi connectivity index (χ0) is 9.90. The van der Waals surface area contributed by atoms with E-state index in [9.17, 15) is 5.11 Å². The van der Waals surface area contributed by atoms with Crippen molar-refractivity contribution in [3.8, 4) is 0 Å². The fraction of sp³-hybridized carbons (Fsp3) is 1.00. The van der Waals surface area contributed by atoms with E-state index < -0.39 is 0 Å². The molecule has 78 valence electrons. The third kappa shape index (κ3) is 3.30. The van der Waals surface area contributed by atoms with Gasteiger partial charge in [-0.3, -0.25) is 0 Å². The van der Waals surface area contributed by atoms with E-state index in [1.54, 1.807) is 0 Å². The van der Waals surface area contributed by atoms with E-state index in [0.29, 0.717) is 5.92 Å². The Bertz CT molecular complexity index is 146. The highest BCUT2D eigenvalue weighted by Gasteiger charge is 2.30. The summed E-state index contributed by atoms with van der Waals surface area (Å²) in [6.45, 7) is 6.76. The minimum absolute atomic E-state index is 0.0553. The second-order valence-electron chi connectivity index (χ2n) is 5.53. The van der Waals surface area contributed by atoms with Crippen LogP contribution in [0.15, 0.2) is 0 Å². The lowest BCUT2D eigenvalue weighted by atomic mass is 9.72. The van der Waals surface area contributed by atoms with Crippen LogP contribution < -0.4 is 0 Å². The Morgan fingerprint density at radius 1 is 0.923 bits per heavy atom. The Kier molecular flexibility index (Phi) is 3.78. The largest absolute Gasteiger partial charge is 0.393 e. The molecular weight excluding hydrogens is 160 g/mol.